The van der Waals surface area contributed by atoms with Gasteiger partial charge in [0, 0.05) is 18.0 Å². The minimum atomic E-state index is 0.140. The van der Waals surface area contributed by atoms with Crippen LogP contribution in [0.25, 0.3) is 0 Å². The molecule has 1 unspecified atom stereocenters. The first-order valence-corrected chi connectivity index (χ1v) is 7.88. The van der Waals surface area contributed by atoms with Crippen LogP contribution < -0.4 is 11.1 Å². The molecule has 4 heteroatoms. The van der Waals surface area contributed by atoms with Gasteiger partial charge in [-0.2, -0.15) is 0 Å². The SMILES string of the molecule is CC(CCc1ccc(O)cc1)NC(=O)C1CCC(N)CC1. The van der Waals surface area contributed by atoms with Crippen LogP contribution in [0.2, 0.25) is 0 Å². The zero-order valence-electron chi connectivity index (χ0n) is 12.7. The van der Waals surface area contributed by atoms with Crippen LogP contribution in [-0.2, 0) is 11.2 Å². The van der Waals surface area contributed by atoms with Gasteiger partial charge in [-0.05, 0) is 63.1 Å². The van der Waals surface area contributed by atoms with E-state index in [1.54, 1.807) is 12.1 Å². The smallest absolute Gasteiger partial charge is 0.223 e. The molecule has 0 aliphatic heterocycles. The lowest BCUT2D eigenvalue weighted by molar-refractivity contribution is -0.126. The highest BCUT2D eigenvalue weighted by Gasteiger charge is 2.25. The summed E-state index contributed by atoms with van der Waals surface area (Å²) < 4.78 is 0. The lowest BCUT2D eigenvalue weighted by Crippen LogP contribution is -2.40. The second kappa shape index (κ2) is 7.46. The fourth-order valence-corrected chi connectivity index (χ4v) is 2.86. The number of hydrogen-bond donors (Lipinski definition) is 3. The number of benzene rings is 1. The van der Waals surface area contributed by atoms with E-state index in [0.29, 0.717) is 0 Å². The Bertz CT molecular complexity index is 450. The Kier molecular flexibility index (Phi) is 5.62. The molecule has 1 aromatic carbocycles. The summed E-state index contributed by atoms with van der Waals surface area (Å²) in [5.74, 6) is 0.608. The van der Waals surface area contributed by atoms with Gasteiger partial charge in [0.05, 0.1) is 0 Å². The highest BCUT2D eigenvalue weighted by Crippen LogP contribution is 2.23. The minimum absolute atomic E-state index is 0.140. The van der Waals surface area contributed by atoms with E-state index in [4.69, 9.17) is 5.73 Å². The Morgan fingerprint density at radius 1 is 1.29 bits per heavy atom. The van der Waals surface area contributed by atoms with Crippen molar-refractivity contribution in [3.05, 3.63) is 29.8 Å². The number of nitrogens with two attached hydrogens (primary N) is 1. The molecule has 1 aliphatic rings. The molecule has 1 saturated carbocycles. The molecule has 1 aromatic rings. The van der Waals surface area contributed by atoms with Crippen molar-refractivity contribution < 1.29 is 9.90 Å². The van der Waals surface area contributed by atoms with Gasteiger partial charge in [0.1, 0.15) is 5.75 Å². The van der Waals surface area contributed by atoms with Crippen LogP contribution in [-0.4, -0.2) is 23.1 Å². The number of carbonyl (C=O) groups excluding carboxylic acids is 1. The van der Waals surface area contributed by atoms with Crippen LogP contribution in [0.1, 0.15) is 44.6 Å². The first-order chi connectivity index (χ1) is 10.0. The molecule has 21 heavy (non-hydrogen) atoms. The van der Waals surface area contributed by atoms with E-state index in [2.05, 4.69) is 5.32 Å². The summed E-state index contributed by atoms with van der Waals surface area (Å²) in [6.07, 6.45) is 5.55. The highest BCUT2D eigenvalue weighted by molar-refractivity contribution is 5.79. The van der Waals surface area contributed by atoms with E-state index < -0.39 is 0 Å². The molecule has 0 spiro atoms. The Hall–Kier alpha value is -1.55. The van der Waals surface area contributed by atoms with Crippen LogP contribution in [0.15, 0.2) is 24.3 Å². The summed E-state index contributed by atoms with van der Waals surface area (Å²) in [6, 6.07) is 7.69. The normalized spacial score (nSPS) is 23.5. The van der Waals surface area contributed by atoms with E-state index in [-0.39, 0.29) is 29.7 Å². The monoisotopic (exact) mass is 290 g/mol. The molecule has 0 aromatic heterocycles. The number of amides is 1. The third-order valence-corrected chi connectivity index (χ3v) is 4.33. The molecule has 4 N–H and O–H groups in total. The van der Waals surface area contributed by atoms with E-state index in [9.17, 15) is 9.90 Å². The summed E-state index contributed by atoms with van der Waals surface area (Å²) in [7, 11) is 0. The zero-order chi connectivity index (χ0) is 15.2. The highest BCUT2D eigenvalue weighted by atomic mass is 16.3. The van der Waals surface area contributed by atoms with Gasteiger partial charge in [0.15, 0.2) is 0 Å². The maximum absolute atomic E-state index is 12.2. The van der Waals surface area contributed by atoms with Gasteiger partial charge >= 0.3 is 0 Å². The lowest BCUT2D eigenvalue weighted by Gasteiger charge is -2.26. The van der Waals surface area contributed by atoms with Crippen LogP contribution in [0, 0.1) is 5.92 Å². The molecule has 0 radical (unpaired) electrons. The summed E-state index contributed by atoms with van der Waals surface area (Å²) in [4.78, 5) is 12.2. The third-order valence-electron chi connectivity index (χ3n) is 4.33. The molecule has 0 heterocycles. The van der Waals surface area contributed by atoms with Gasteiger partial charge in [-0.3, -0.25) is 4.79 Å². The number of hydrogen-bond acceptors (Lipinski definition) is 3. The molecule has 1 amide bonds. The van der Waals surface area contributed by atoms with Gasteiger partial charge in [-0.1, -0.05) is 12.1 Å². The van der Waals surface area contributed by atoms with Crippen molar-refractivity contribution in [1.29, 1.82) is 0 Å². The summed E-state index contributed by atoms with van der Waals surface area (Å²) >= 11 is 0. The van der Waals surface area contributed by atoms with Crippen molar-refractivity contribution in [2.45, 2.75) is 57.5 Å². The molecule has 1 aliphatic carbocycles. The molecular weight excluding hydrogens is 264 g/mol. The van der Waals surface area contributed by atoms with Crippen LogP contribution in [0.3, 0.4) is 0 Å². The van der Waals surface area contributed by atoms with Gasteiger partial charge < -0.3 is 16.2 Å². The second-order valence-electron chi connectivity index (χ2n) is 6.23. The van der Waals surface area contributed by atoms with E-state index >= 15 is 0 Å². The molecular formula is C17H26N2O2. The number of phenols is 1. The first kappa shape index (κ1) is 15.8. The van der Waals surface area contributed by atoms with Crippen molar-refractivity contribution in [2.24, 2.45) is 11.7 Å². The number of phenolic OH excluding ortho intramolecular Hbond substituents is 1. The molecule has 0 bridgehead atoms. The molecule has 2 rings (SSSR count). The second-order valence-corrected chi connectivity index (χ2v) is 6.23. The first-order valence-electron chi connectivity index (χ1n) is 7.88. The van der Waals surface area contributed by atoms with Crippen molar-refractivity contribution in [3.8, 4) is 5.75 Å². The van der Waals surface area contributed by atoms with E-state index in [0.717, 1.165) is 38.5 Å². The Morgan fingerprint density at radius 3 is 2.52 bits per heavy atom. The van der Waals surface area contributed by atoms with Gasteiger partial charge in [-0.25, -0.2) is 0 Å². The van der Waals surface area contributed by atoms with Crippen LogP contribution in [0.4, 0.5) is 0 Å². The van der Waals surface area contributed by atoms with Gasteiger partial charge in [-0.15, -0.1) is 0 Å². The molecule has 1 atom stereocenters. The molecule has 4 nitrogen and oxygen atoms in total. The average Bonchev–Trinajstić information content (AvgIpc) is 2.47. The Morgan fingerprint density at radius 2 is 1.90 bits per heavy atom. The fraction of sp³-hybridized carbons (Fsp3) is 0.588. The van der Waals surface area contributed by atoms with E-state index in [1.807, 2.05) is 19.1 Å². The average molecular weight is 290 g/mol. The third kappa shape index (κ3) is 5.05. The van der Waals surface area contributed by atoms with E-state index in [1.165, 1.54) is 5.56 Å². The minimum Gasteiger partial charge on any atom is -0.508 e. The summed E-state index contributed by atoms with van der Waals surface area (Å²) in [6.45, 7) is 2.05. The summed E-state index contributed by atoms with van der Waals surface area (Å²) in [5, 5.41) is 12.4. The van der Waals surface area contributed by atoms with Crippen molar-refractivity contribution in [2.75, 3.05) is 0 Å². The molecule has 116 valence electrons. The predicted molar refractivity (Wildman–Crippen MR) is 84.0 cm³/mol. The van der Waals surface area contributed by atoms with Crippen molar-refractivity contribution >= 4 is 5.91 Å². The number of aromatic hydroxyl groups is 1. The standard InChI is InChI=1S/C17H26N2O2/c1-12(2-3-13-4-10-16(20)11-5-13)19-17(21)14-6-8-15(18)9-7-14/h4-5,10-12,14-15,20H,2-3,6-9,18H2,1H3,(H,19,21). The number of carbonyl (C=O) groups is 1. The number of rotatable bonds is 5. The number of aryl methyl sites for hydroxylation is 1. The number of nitrogens with one attached hydrogen (secondary N) is 1. The topological polar surface area (TPSA) is 75.3 Å². The Labute approximate surface area is 126 Å². The molecule has 0 saturated heterocycles. The quantitative estimate of drug-likeness (QED) is 0.779. The summed E-state index contributed by atoms with van der Waals surface area (Å²) in [5.41, 5.74) is 7.05. The zero-order valence-corrected chi connectivity index (χ0v) is 12.7. The van der Waals surface area contributed by atoms with Crippen molar-refractivity contribution in [3.63, 3.8) is 0 Å². The largest absolute Gasteiger partial charge is 0.508 e. The Balaban J connectivity index is 1.72. The predicted octanol–water partition coefficient (Wildman–Crippen LogP) is 2.35. The van der Waals surface area contributed by atoms with Gasteiger partial charge in [0.2, 0.25) is 5.91 Å². The van der Waals surface area contributed by atoms with Gasteiger partial charge in [0.25, 0.3) is 0 Å². The van der Waals surface area contributed by atoms with Crippen LogP contribution in [0.5, 0.6) is 5.75 Å². The van der Waals surface area contributed by atoms with Crippen molar-refractivity contribution in [1.82, 2.24) is 5.32 Å². The molecule has 1 fully saturated rings. The lowest BCUT2D eigenvalue weighted by atomic mass is 9.86. The fourth-order valence-electron chi connectivity index (χ4n) is 2.86. The maximum Gasteiger partial charge on any atom is 0.223 e. The maximum atomic E-state index is 12.2. The van der Waals surface area contributed by atoms with Crippen LogP contribution >= 0.6 is 0 Å².